The van der Waals surface area contributed by atoms with Crippen molar-refractivity contribution in [3.63, 3.8) is 0 Å². The highest BCUT2D eigenvalue weighted by Crippen LogP contribution is 2.19. The van der Waals surface area contributed by atoms with Crippen LogP contribution in [0.1, 0.15) is 32.1 Å². The van der Waals surface area contributed by atoms with E-state index in [1.807, 2.05) is 0 Å². The van der Waals surface area contributed by atoms with Gasteiger partial charge in [0.15, 0.2) is 0 Å². The van der Waals surface area contributed by atoms with Crippen LogP contribution >= 0.6 is 0 Å². The third kappa shape index (κ3) is 7.82. The Kier molecular flexibility index (Phi) is 9.82. The molecule has 0 aromatic rings. The number of rotatable bonds is 12. The Labute approximate surface area is 176 Å². The lowest BCUT2D eigenvalue weighted by molar-refractivity contribution is -0.150. The third-order valence-corrected chi connectivity index (χ3v) is 4.63. The van der Waals surface area contributed by atoms with E-state index in [2.05, 4.69) is 10.6 Å². The SMILES string of the molecule is NC(CO)C(=O)NC(CC(=O)O)C(=O)NC(CCC(=O)O)C(=O)N1CCCC1C(=O)O. The largest absolute Gasteiger partial charge is 0.481 e. The number of nitrogens with one attached hydrogen (secondary N) is 2. The number of amides is 3. The highest BCUT2D eigenvalue weighted by atomic mass is 16.4. The maximum absolute atomic E-state index is 12.8. The van der Waals surface area contributed by atoms with E-state index in [0.29, 0.717) is 6.42 Å². The molecule has 14 nitrogen and oxygen atoms in total. The lowest BCUT2D eigenvalue weighted by atomic mass is 10.1. The second kappa shape index (κ2) is 11.8. The molecule has 31 heavy (non-hydrogen) atoms. The van der Waals surface area contributed by atoms with E-state index >= 15 is 0 Å². The summed E-state index contributed by atoms with van der Waals surface area (Å²) in [6, 6.07) is -5.68. The van der Waals surface area contributed by atoms with E-state index < -0.39 is 79.2 Å². The van der Waals surface area contributed by atoms with Crippen LogP contribution in [0.5, 0.6) is 0 Å². The summed E-state index contributed by atoms with van der Waals surface area (Å²) in [7, 11) is 0. The zero-order valence-corrected chi connectivity index (χ0v) is 16.5. The third-order valence-electron chi connectivity index (χ3n) is 4.63. The Bertz CT molecular complexity index is 728. The van der Waals surface area contributed by atoms with Gasteiger partial charge in [0.05, 0.1) is 13.0 Å². The molecule has 0 aromatic carbocycles. The molecule has 0 radical (unpaired) electrons. The van der Waals surface area contributed by atoms with Gasteiger partial charge in [-0.3, -0.25) is 24.0 Å². The highest BCUT2D eigenvalue weighted by molar-refractivity contribution is 5.96. The first-order valence-corrected chi connectivity index (χ1v) is 9.42. The molecule has 0 saturated carbocycles. The molecule has 8 N–H and O–H groups in total. The van der Waals surface area contributed by atoms with Crippen molar-refractivity contribution in [3.05, 3.63) is 0 Å². The first-order valence-electron chi connectivity index (χ1n) is 9.42. The number of aliphatic hydroxyl groups is 1. The molecule has 1 aliphatic rings. The van der Waals surface area contributed by atoms with Gasteiger partial charge in [-0.25, -0.2) is 4.79 Å². The number of nitrogens with zero attached hydrogens (tertiary/aromatic N) is 1. The van der Waals surface area contributed by atoms with Crippen LogP contribution in [-0.2, 0) is 28.8 Å². The van der Waals surface area contributed by atoms with Crippen molar-refractivity contribution in [2.24, 2.45) is 5.73 Å². The molecule has 0 aromatic heterocycles. The van der Waals surface area contributed by atoms with Crippen molar-refractivity contribution in [2.45, 2.75) is 56.3 Å². The quantitative estimate of drug-likeness (QED) is 0.157. The molecule has 1 saturated heterocycles. The molecular weight excluding hydrogens is 420 g/mol. The van der Waals surface area contributed by atoms with Gasteiger partial charge in [-0.05, 0) is 19.3 Å². The molecule has 14 heteroatoms. The molecule has 174 valence electrons. The predicted octanol–water partition coefficient (Wildman–Crippen LogP) is -3.31. The van der Waals surface area contributed by atoms with Crippen LogP contribution in [0.3, 0.4) is 0 Å². The van der Waals surface area contributed by atoms with Crippen LogP contribution in [0.25, 0.3) is 0 Å². The number of nitrogens with two attached hydrogens (primary N) is 1. The summed E-state index contributed by atoms with van der Waals surface area (Å²) in [6.45, 7) is -0.672. The molecule has 3 amide bonds. The minimum Gasteiger partial charge on any atom is -0.481 e. The Morgan fingerprint density at radius 3 is 2.10 bits per heavy atom. The fraction of sp³-hybridized carbons (Fsp3) is 0.647. The van der Waals surface area contributed by atoms with E-state index in [1.54, 1.807) is 0 Å². The maximum atomic E-state index is 12.8. The highest BCUT2D eigenvalue weighted by Gasteiger charge is 2.38. The monoisotopic (exact) mass is 446 g/mol. The number of likely N-dealkylation sites (tertiary alicyclic amines) is 1. The normalized spacial score (nSPS) is 18.5. The van der Waals surface area contributed by atoms with E-state index in [4.69, 9.17) is 21.1 Å². The molecule has 1 rings (SSSR count). The first kappa shape index (κ1) is 25.8. The average Bonchev–Trinajstić information content (AvgIpc) is 3.18. The van der Waals surface area contributed by atoms with Crippen molar-refractivity contribution in [2.75, 3.05) is 13.2 Å². The number of aliphatic carboxylic acids is 3. The van der Waals surface area contributed by atoms with Crippen LogP contribution < -0.4 is 16.4 Å². The van der Waals surface area contributed by atoms with E-state index in [9.17, 15) is 33.9 Å². The van der Waals surface area contributed by atoms with Crippen molar-refractivity contribution < 1.29 is 49.2 Å². The molecule has 4 atom stereocenters. The summed E-state index contributed by atoms with van der Waals surface area (Å²) >= 11 is 0. The number of aliphatic hydroxyl groups excluding tert-OH is 1. The zero-order chi connectivity index (χ0) is 23.7. The fourth-order valence-electron chi connectivity index (χ4n) is 3.03. The topological polar surface area (TPSA) is 237 Å². The summed E-state index contributed by atoms with van der Waals surface area (Å²) in [5, 5.41) is 40.3. The lowest BCUT2D eigenvalue weighted by Crippen LogP contribution is -2.57. The number of carbonyl (C=O) groups is 6. The first-order chi connectivity index (χ1) is 14.5. The number of carboxylic acid groups (broad SMARTS) is 3. The van der Waals surface area contributed by atoms with E-state index in [-0.39, 0.29) is 19.4 Å². The van der Waals surface area contributed by atoms with Crippen LogP contribution in [0, 0.1) is 0 Å². The van der Waals surface area contributed by atoms with Gasteiger partial charge in [0.1, 0.15) is 24.2 Å². The standard InChI is InChI=1S/C17H26N4O10/c18-8(7-22)14(27)20-10(6-13(25)26)15(28)19-9(3-4-12(23)24)16(29)21-5-1-2-11(21)17(30)31/h8-11,22H,1-7,18H2,(H,19,28)(H,20,27)(H,23,24)(H,25,26)(H,30,31). The van der Waals surface area contributed by atoms with Crippen LogP contribution in [0.2, 0.25) is 0 Å². The van der Waals surface area contributed by atoms with Crippen LogP contribution in [0.4, 0.5) is 0 Å². The molecule has 1 heterocycles. The molecule has 4 unspecified atom stereocenters. The number of hydrogen-bond donors (Lipinski definition) is 7. The second-order valence-corrected chi connectivity index (χ2v) is 6.97. The van der Waals surface area contributed by atoms with Gasteiger partial charge in [-0.15, -0.1) is 0 Å². The fourth-order valence-corrected chi connectivity index (χ4v) is 3.03. The molecule has 1 fully saturated rings. The van der Waals surface area contributed by atoms with Gasteiger partial charge in [0.2, 0.25) is 17.7 Å². The molecular formula is C17H26N4O10. The molecule has 0 spiro atoms. The minimum atomic E-state index is -1.67. The number of carbonyl (C=O) groups excluding carboxylic acids is 3. The smallest absolute Gasteiger partial charge is 0.326 e. The Morgan fingerprint density at radius 2 is 1.58 bits per heavy atom. The van der Waals surface area contributed by atoms with Crippen LogP contribution in [0.15, 0.2) is 0 Å². The van der Waals surface area contributed by atoms with Gasteiger partial charge in [0, 0.05) is 13.0 Å². The second-order valence-electron chi connectivity index (χ2n) is 6.97. The number of carboxylic acids is 3. The number of hydrogen-bond acceptors (Lipinski definition) is 8. The predicted molar refractivity (Wildman–Crippen MR) is 100 cm³/mol. The Hall–Kier alpha value is -3.26. The van der Waals surface area contributed by atoms with E-state index in [0.717, 1.165) is 4.90 Å². The summed E-state index contributed by atoms with van der Waals surface area (Å²) in [6.07, 6.45) is -1.20. The Morgan fingerprint density at radius 1 is 0.968 bits per heavy atom. The molecule has 0 bridgehead atoms. The summed E-state index contributed by atoms with van der Waals surface area (Å²) in [5.74, 6) is -6.92. The maximum Gasteiger partial charge on any atom is 0.326 e. The molecule has 1 aliphatic heterocycles. The average molecular weight is 446 g/mol. The van der Waals surface area contributed by atoms with Crippen molar-refractivity contribution in [1.82, 2.24) is 15.5 Å². The summed E-state index contributed by atoms with van der Waals surface area (Å²) in [5.41, 5.74) is 5.33. The summed E-state index contributed by atoms with van der Waals surface area (Å²) in [4.78, 5) is 71.6. The van der Waals surface area contributed by atoms with Crippen molar-refractivity contribution in [3.8, 4) is 0 Å². The van der Waals surface area contributed by atoms with Gasteiger partial charge >= 0.3 is 17.9 Å². The van der Waals surface area contributed by atoms with E-state index in [1.165, 1.54) is 0 Å². The van der Waals surface area contributed by atoms with Gasteiger partial charge in [-0.1, -0.05) is 0 Å². The molecule has 0 aliphatic carbocycles. The Balaban J connectivity index is 3.03. The van der Waals surface area contributed by atoms with Gasteiger partial charge in [0.25, 0.3) is 0 Å². The summed E-state index contributed by atoms with van der Waals surface area (Å²) < 4.78 is 0. The van der Waals surface area contributed by atoms with Crippen molar-refractivity contribution >= 4 is 35.6 Å². The van der Waals surface area contributed by atoms with Gasteiger partial charge in [-0.2, -0.15) is 0 Å². The lowest BCUT2D eigenvalue weighted by Gasteiger charge is -2.28. The van der Waals surface area contributed by atoms with Crippen molar-refractivity contribution in [1.29, 1.82) is 0 Å². The minimum absolute atomic E-state index is 0.0931. The zero-order valence-electron chi connectivity index (χ0n) is 16.5. The van der Waals surface area contributed by atoms with Gasteiger partial charge < -0.3 is 41.7 Å². The van der Waals surface area contributed by atoms with Crippen LogP contribution in [-0.4, -0.2) is 98.3 Å².